The van der Waals surface area contributed by atoms with Gasteiger partial charge in [-0.15, -0.1) is 10.2 Å². The molecule has 0 unspecified atom stereocenters. The topological polar surface area (TPSA) is 82.9 Å². The average Bonchev–Trinajstić information content (AvgIpc) is 2.99. The third kappa shape index (κ3) is 16.3. The Hall–Kier alpha value is -2.38. The fraction of sp³-hybridized carbons (Fsp3) is 0. The van der Waals surface area contributed by atoms with Crippen LogP contribution in [0.5, 0.6) is 0 Å². The summed E-state index contributed by atoms with van der Waals surface area (Å²) in [4.78, 5) is 23.3. The van der Waals surface area contributed by atoms with Crippen molar-refractivity contribution in [3.63, 3.8) is 0 Å². The molecule has 0 saturated carbocycles. The number of amides is 2. The van der Waals surface area contributed by atoms with Crippen LogP contribution in [0.4, 0.5) is 0 Å². The van der Waals surface area contributed by atoms with Crippen LogP contribution in [-0.4, -0.2) is 22.2 Å². The second kappa shape index (κ2) is 17.7. The molecule has 4 rings (SSSR count). The van der Waals surface area contributed by atoms with Gasteiger partial charge in [0.2, 0.25) is 0 Å². The van der Waals surface area contributed by atoms with E-state index in [2.05, 4.69) is 21.1 Å². The molecular formula is C28H22Cl7N4O2P. The van der Waals surface area contributed by atoms with Gasteiger partial charge in [-0.2, -0.15) is 0 Å². The van der Waals surface area contributed by atoms with Crippen LogP contribution in [0.1, 0.15) is 31.8 Å². The van der Waals surface area contributed by atoms with E-state index in [4.69, 9.17) is 79.4 Å². The fourth-order valence-electron chi connectivity index (χ4n) is 2.79. The van der Waals surface area contributed by atoms with Gasteiger partial charge in [0.15, 0.2) is 10.3 Å². The van der Waals surface area contributed by atoms with Gasteiger partial charge in [0.25, 0.3) is 11.8 Å². The monoisotopic (exact) mass is 722 g/mol. The van der Waals surface area contributed by atoms with Crippen molar-refractivity contribution in [2.75, 3.05) is 0 Å². The summed E-state index contributed by atoms with van der Waals surface area (Å²) in [6.45, 7) is 0. The Morgan fingerprint density at radius 1 is 0.452 bits per heavy atom. The van der Waals surface area contributed by atoms with Crippen molar-refractivity contribution < 1.29 is 9.59 Å². The number of carbonyl (C=O) groups excluding carboxylic acids is 2. The van der Waals surface area contributed by atoms with Crippen LogP contribution in [0.15, 0.2) is 132 Å². The van der Waals surface area contributed by atoms with Gasteiger partial charge in [0, 0.05) is 22.3 Å². The van der Waals surface area contributed by atoms with Crippen LogP contribution in [0.3, 0.4) is 0 Å². The quantitative estimate of drug-likeness (QED) is 0.122. The van der Waals surface area contributed by atoms with Crippen LogP contribution in [0.2, 0.25) is 0 Å². The minimum Gasteiger partial charge on any atom is -0.267 e. The molecule has 0 radical (unpaired) electrons. The Kier molecular flexibility index (Phi) is 15.1. The maximum atomic E-state index is 11.7. The zero-order valence-corrected chi connectivity index (χ0v) is 27.5. The van der Waals surface area contributed by atoms with E-state index in [0.29, 0.717) is 21.5 Å². The zero-order valence-electron chi connectivity index (χ0n) is 21.4. The molecule has 14 heteroatoms. The second-order valence-corrected chi connectivity index (χ2v) is 25.1. The van der Waals surface area contributed by atoms with Gasteiger partial charge < -0.3 is 0 Å². The molecule has 0 heterocycles. The van der Waals surface area contributed by atoms with Gasteiger partial charge in [0.05, 0.1) is 0 Å². The fourth-order valence-corrected chi connectivity index (χ4v) is 3.12. The number of halogens is 7. The molecule has 0 aromatic heterocycles. The van der Waals surface area contributed by atoms with E-state index >= 15 is 0 Å². The zero-order chi connectivity index (χ0) is 31.0. The van der Waals surface area contributed by atoms with Crippen LogP contribution < -0.4 is 10.9 Å². The molecule has 4 aromatic rings. The van der Waals surface area contributed by atoms with Gasteiger partial charge in [-0.05, 0) is 24.3 Å². The summed E-state index contributed by atoms with van der Waals surface area (Å²) in [5, 5.41) is 8.44. The summed E-state index contributed by atoms with van der Waals surface area (Å²) < 4.78 is -3.69. The Bertz CT molecular complexity index is 1360. The molecule has 0 saturated heterocycles. The van der Waals surface area contributed by atoms with Gasteiger partial charge in [-0.25, -0.2) is 0 Å². The SMILES string of the molecule is Cl/C(=N\N=C(/Cl)c1ccccc1)c1ccccc1.ClP(Cl)(Cl)(Cl)Cl.O=C(NNC(=O)c1ccccc1)c1ccccc1. The molecule has 0 atom stereocenters. The normalized spacial score (nSPS) is 12.2. The van der Waals surface area contributed by atoms with E-state index in [1.165, 1.54) is 0 Å². The largest absolute Gasteiger partial charge is 0.269 e. The van der Waals surface area contributed by atoms with Gasteiger partial charge in [0.1, 0.15) is 0 Å². The number of nitrogens with zero attached hydrogens (tertiary/aromatic N) is 2. The van der Waals surface area contributed by atoms with E-state index in [0.717, 1.165) is 11.1 Å². The standard InChI is InChI=1S/C14H10Cl2N2.C14H12N2O2.Cl5P/c15-13(11-7-3-1-4-8-11)17-18-14(16)12-9-5-2-6-10-12;17-13(11-7-3-1-4-8-11)15-16-14(18)12-9-5-2-6-10-12;1-6(2,3,4)5/h1-10H;1-10H,(H,15,17)(H,16,18);/b17-13-,18-14-;;. The molecule has 0 aliphatic heterocycles. The number of rotatable bonds is 5. The maximum Gasteiger partial charge on any atom is 0.269 e. The molecule has 0 spiro atoms. The summed E-state index contributed by atoms with van der Waals surface area (Å²) in [6, 6.07) is 36.1. The van der Waals surface area contributed by atoms with Crippen molar-refractivity contribution in [2.24, 2.45) is 10.2 Å². The minimum atomic E-state index is -3.69. The molecule has 2 amide bonds. The smallest absolute Gasteiger partial charge is 0.267 e. The third-order valence-corrected chi connectivity index (χ3v) is 5.20. The number of benzene rings is 4. The van der Waals surface area contributed by atoms with E-state index < -0.39 is 3.37 Å². The van der Waals surface area contributed by atoms with E-state index in [-0.39, 0.29) is 11.8 Å². The first-order valence-corrected chi connectivity index (χ1v) is 19.2. The van der Waals surface area contributed by atoms with E-state index in [1.807, 2.05) is 72.8 Å². The number of hydrogen-bond acceptors (Lipinski definition) is 4. The van der Waals surface area contributed by atoms with Crippen molar-refractivity contribution in [1.82, 2.24) is 10.9 Å². The Labute approximate surface area is 277 Å². The predicted molar refractivity (Wildman–Crippen MR) is 182 cm³/mol. The third-order valence-electron chi connectivity index (χ3n) is 4.61. The second-order valence-electron chi connectivity index (χ2n) is 7.79. The van der Waals surface area contributed by atoms with Gasteiger partial charge >= 0.3 is 59.6 Å². The molecule has 0 fully saturated rings. The molecular weight excluding hydrogens is 703 g/mol. The summed E-state index contributed by atoms with van der Waals surface area (Å²) in [5.41, 5.74) is 7.31. The van der Waals surface area contributed by atoms with Crippen LogP contribution in [0, 0.1) is 0 Å². The van der Waals surface area contributed by atoms with Crippen molar-refractivity contribution in [2.45, 2.75) is 0 Å². The Morgan fingerprint density at radius 2 is 0.667 bits per heavy atom. The molecule has 6 nitrogen and oxygen atoms in total. The van der Waals surface area contributed by atoms with Crippen molar-refractivity contribution in [3.05, 3.63) is 144 Å². The first kappa shape index (κ1) is 35.8. The van der Waals surface area contributed by atoms with E-state index in [9.17, 15) is 9.59 Å². The molecule has 0 aliphatic rings. The number of carbonyl (C=O) groups is 2. The number of hydrazine groups is 1. The molecule has 0 bridgehead atoms. The summed E-state index contributed by atoms with van der Waals surface area (Å²) in [7, 11) is 0. The minimum absolute atomic E-state index is 0.310. The maximum absolute atomic E-state index is 11.7. The van der Waals surface area contributed by atoms with Crippen LogP contribution in [0.25, 0.3) is 0 Å². The average molecular weight is 726 g/mol. The molecule has 2 N–H and O–H groups in total. The predicted octanol–water partition coefficient (Wildman–Crippen LogP) is 10.3. The molecule has 4 aromatic carbocycles. The summed E-state index contributed by atoms with van der Waals surface area (Å²) in [6.07, 6.45) is 0. The Balaban J connectivity index is 0.000000247. The summed E-state index contributed by atoms with van der Waals surface area (Å²) in [5.74, 6) is -0.695. The van der Waals surface area contributed by atoms with Gasteiger partial charge in [-0.3, -0.25) is 20.4 Å². The Morgan fingerprint density at radius 3 is 0.905 bits per heavy atom. The summed E-state index contributed by atoms with van der Waals surface area (Å²) >= 11 is 36.9. The van der Waals surface area contributed by atoms with Crippen LogP contribution >= 0.6 is 82.8 Å². The first-order chi connectivity index (χ1) is 19.8. The van der Waals surface area contributed by atoms with Crippen molar-refractivity contribution in [3.8, 4) is 0 Å². The number of nitrogens with one attached hydrogen (secondary N) is 2. The molecule has 220 valence electrons. The first-order valence-electron chi connectivity index (χ1n) is 11.7. The molecule has 42 heavy (non-hydrogen) atoms. The van der Waals surface area contributed by atoms with Crippen LogP contribution in [-0.2, 0) is 0 Å². The number of hydrogen-bond donors (Lipinski definition) is 2. The van der Waals surface area contributed by atoms with Crippen molar-refractivity contribution >= 4 is 105 Å². The van der Waals surface area contributed by atoms with Gasteiger partial charge in [-0.1, -0.05) is 120 Å². The molecule has 0 aliphatic carbocycles. The van der Waals surface area contributed by atoms with Crippen molar-refractivity contribution in [1.29, 1.82) is 0 Å². The van der Waals surface area contributed by atoms with E-state index in [1.54, 1.807) is 48.5 Å².